The molecule has 0 fully saturated rings. The lowest BCUT2D eigenvalue weighted by molar-refractivity contribution is 0.323. The van der Waals surface area contributed by atoms with Crippen molar-refractivity contribution >= 4 is 60.9 Å². The smallest absolute Gasteiger partial charge is 0.306 e. The van der Waals surface area contributed by atoms with Crippen molar-refractivity contribution in [3.8, 4) is 0 Å². The Hall–Kier alpha value is -1.31. The van der Waals surface area contributed by atoms with Gasteiger partial charge in [0.2, 0.25) is 0 Å². The second-order valence-corrected chi connectivity index (χ2v) is 10.6. The van der Waals surface area contributed by atoms with E-state index in [4.69, 9.17) is 27.0 Å². The molecule has 0 saturated carbocycles. The van der Waals surface area contributed by atoms with Gasteiger partial charge in [-0.2, -0.15) is 0 Å². The zero-order valence-electron chi connectivity index (χ0n) is 13.5. The van der Waals surface area contributed by atoms with Crippen molar-refractivity contribution in [3.63, 3.8) is 0 Å². The Labute approximate surface area is 156 Å². The molecule has 0 atom stereocenters. The Morgan fingerprint density at radius 2 is 1.44 bits per heavy atom. The molecular formula is C20H17Cl2O2P. The second kappa shape index (κ2) is 6.78. The predicted molar refractivity (Wildman–Crippen MR) is 108 cm³/mol. The molecule has 0 aromatic heterocycles. The highest BCUT2D eigenvalue weighted by atomic mass is 35.9. The van der Waals surface area contributed by atoms with Crippen molar-refractivity contribution in [1.82, 2.24) is 0 Å². The molecule has 4 aromatic carbocycles. The van der Waals surface area contributed by atoms with Crippen LogP contribution in [0.25, 0.3) is 32.3 Å². The number of halogens is 2. The number of unbranched alkanes of at least 4 members (excludes halogenated alkanes) is 1. The minimum atomic E-state index is -3.41. The van der Waals surface area contributed by atoms with Crippen LogP contribution in [-0.4, -0.2) is 6.61 Å². The number of aryl methyl sites for hydroxylation is 1. The summed E-state index contributed by atoms with van der Waals surface area (Å²) in [6, 6.07) is 19.7. The van der Waals surface area contributed by atoms with E-state index in [1.807, 2.05) is 0 Å². The van der Waals surface area contributed by atoms with E-state index in [-0.39, 0.29) is 0 Å². The summed E-state index contributed by atoms with van der Waals surface area (Å²) in [6.07, 6.45) is -0.778. The molecule has 0 radical (unpaired) electrons. The predicted octanol–water partition coefficient (Wildman–Crippen LogP) is 7.51. The molecule has 5 heteroatoms. The average molecular weight is 391 g/mol. The van der Waals surface area contributed by atoms with Gasteiger partial charge in [0.1, 0.15) is 0 Å². The maximum Gasteiger partial charge on any atom is 0.380 e. The van der Waals surface area contributed by atoms with Crippen molar-refractivity contribution in [2.45, 2.75) is 19.3 Å². The van der Waals surface area contributed by atoms with Crippen molar-refractivity contribution in [1.29, 1.82) is 0 Å². The van der Waals surface area contributed by atoms with Gasteiger partial charge in [0.15, 0.2) is 0 Å². The maximum absolute atomic E-state index is 11.1. The summed E-state index contributed by atoms with van der Waals surface area (Å²) in [5.41, 5.74) is 1.32. The van der Waals surface area contributed by atoms with Gasteiger partial charge in [0.25, 0.3) is 0 Å². The van der Waals surface area contributed by atoms with Gasteiger partial charge >= 0.3 is 6.07 Å². The quantitative estimate of drug-likeness (QED) is 0.193. The van der Waals surface area contributed by atoms with Crippen LogP contribution in [0.3, 0.4) is 0 Å². The minimum absolute atomic E-state index is 0.316. The molecule has 0 aliphatic rings. The van der Waals surface area contributed by atoms with Gasteiger partial charge in [0, 0.05) is 0 Å². The number of rotatable bonds is 6. The molecule has 25 heavy (non-hydrogen) atoms. The summed E-state index contributed by atoms with van der Waals surface area (Å²) in [7, 11) is 0. The molecule has 2 nitrogen and oxygen atoms in total. The molecule has 0 saturated heterocycles. The first kappa shape index (κ1) is 17.1. The SMILES string of the molecule is O=P(Cl)(Cl)OCCCCc1ccc2ccc3cccc4ccc1c2c34. The summed E-state index contributed by atoms with van der Waals surface area (Å²) < 4.78 is 16.1. The largest absolute Gasteiger partial charge is 0.380 e. The Kier molecular flexibility index (Phi) is 4.64. The van der Waals surface area contributed by atoms with E-state index < -0.39 is 6.07 Å². The molecule has 0 amide bonds. The zero-order valence-corrected chi connectivity index (χ0v) is 16.0. The van der Waals surface area contributed by atoms with E-state index in [1.165, 1.54) is 37.9 Å². The zero-order chi connectivity index (χ0) is 17.4. The summed E-state index contributed by atoms with van der Waals surface area (Å²) in [5.74, 6) is 0. The van der Waals surface area contributed by atoms with Gasteiger partial charge in [-0.15, -0.1) is 0 Å². The van der Waals surface area contributed by atoms with Crippen LogP contribution in [0.15, 0.2) is 54.6 Å². The normalized spacial score (nSPS) is 12.6. The third kappa shape index (κ3) is 3.50. The van der Waals surface area contributed by atoms with Gasteiger partial charge in [-0.1, -0.05) is 54.6 Å². The van der Waals surface area contributed by atoms with Crippen molar-refractivity contribution < 1.29 is 9.09 Å². The molecule has 4 aromatic rings. The highest BCUT2D eigenvalue weighted by Gasteiger charge is 2.14. The van der Waals surface area contributed by atoms with Crippen molar-refractivity contribution in [2.24, 2.45) is 0 Å². The molecule has 0 aliphatic heterocycles. The average Bonchev–Trinajstić information content (AvgIpc) is 2.59. The van der Waals surface area contributed by atoms with Crippen molar-refractivity contribution in [3.05, 3.63) is 60.2 Å². The molecule has 0 spiro atoms. The molecule has 0 bridgehead atoms. The summed E-state index contributed by atoms with van der Waals surface area (Å²) in [5, 5.41) is 7.82. The van der Waals surface area contributed by atoms with E-state index >= 15 is 0 Å². The lowest BCUT2D eigenvalue weighted by Gasteiger charge is -2.14. The fraction of sp³-hybridized carbons (Fsp3) is 0.200. The van der Waals surface area contributed by atoms with Crippen LogP contribution >= 0.6 is 28.6 Å². The highest BCUT2D eigenvalue weighted by molar-refractivity contribution is 8.05. The van der Waals surface area contributed by atoms with E-state index in [0.717, 1.165) is 19.3 Å². The molecule has 0 N–H and O–H groups in total. The first-order valence-electron chi connectivity index (χ1n) is 8.32. The molecular weight excluding hydrogens is 374 g/mol. The van der Waals surface area contributed by atoms with Gasteiger partial charge in [0.05, 0.1) is 6.61 Å². The Morgan fingerprint density at radius 3 is 2.16 bits per heavy atom. The van der Waals surface area contributed by atoms with Gasteiger partial charge < -0.3 is 4.52 Å². The summed E-state index contributed by atoms with van der Waals surface area (Å²) in [6.45, 7) is 0.316. The number of hydrogen-bond donors (Lipinski definition) is 0. The van der Waals surface area contributed by atoms with Crippen molar-refractivity contribution in [2.75, 3.05) is 6.61 Å². The van der Waals surface area contributed by atoms with Gasteiger partial charge in [-0.25, -0.2) is 0 Å². The van der Waals surface area contributed by atoms with Crippen LogP contribution in [0.4, 0.5) is 0 Å². The van der Waals surface area contributed by atoms with Crippen LogP contribution in [0.1, 0.15) is 18.4 Å². The molecule has 0 aliphatic carbocycles. The first-order valence-corrected chi connectivity index (χ1v) is 11.8. The molecule has 4 rings (SSSR count). The van der Waals surface area contributed by atoms with E-state index in [1.54, 1.807) is 0 Å². The Morgan fingerprint density at radius 1 is 0.800 bits per heavy atom. The van der Waals surface area contributed by atoms with Crippen LogP contribution in [0.5, 0.6) is 0 Å². The third-order valence-corrected chi connectivity index (χ3v) is 5.77. The fourth-order valence-electron chi connectivity index (χ4n) is 3.60. The van der Waals surface area contributed by atoms with Crippen LogP contribution in [-0.2, 0) is 15.5 Å². The van der Waals surface area contributed by atoms with E-state index in [9.17, 15) is 4.57 Å². The molecule has 0 unspecified atom stereocenters. The second-order valence-electron chi connectivity index (χ2n) is 6.29. The van der Waals surface area contributed by atoms with Gasteiger partial charge in [-0.05, 0) is 79.6 Å². The summed E-state index contributed by atoms with van der Waals surface area (Å²) >= 11 is 10.8. The Bertz CT molecular complexity index is 1070. The number of hydrogen-bond acceptors (Lipinski definition) is 2. The lowest BCUT2D eigenvalue weighted by atomic mass is 9.91. The van der Waals surface area contributed by atoms with Crippen LogP contribution in [0.2, 0.25) is 0 Å². The van der Waals surface area contributed by atoms with E-state index in [0.29, 0.717) is 6.61 Å². The molecule has 128 valence electrons. The third-order valence-electron chi connectivity index (χ3n) is 4.70. The highest BCUT2D eigenvalue weighted by Crippen LogP contribution is 2.57. The fourth-order valence-corrected chi connectivity index (χ4v) is 4.36. The standard InChI is InChI=1S/C20H17Cl2O2P/c21-25(22,23)24-13-2-1-4-14-7-8-17-10-9-15-5-3-6-16-11-12-18(14)20(17)19(15)16/h3,5-12H,1-2,4,13H2. The van der Waals surface area contributed by atoms with Crippen LogP contribution < -0.4 is 0 Å². The summed E-state index contributed by atoms with van der Waals surface area (Å²) in [4.78, 5) is 0. The monoisotopic (exact) mass is 390 g/mol. The maximum atomic E-state index is 11.1. The van der Waals surface area contributed by atoms with Crippen LogP contribution in [0, 0.1) is 0 Å². The minimum Gasteiger partial charge on any atom is -0.306 e. The number of benzene rings is 4. The van der Waals surface area contributed by atoms with Gasteiger partial charge in [-0.3, -0.25) is 4.57 Å². The first-order chi connectivity index (χ1) is 12.0. The Balaban J connectivity index is 1.65. The molecule has 0 heterocycles. The topological polar surface area (TPSA) is 26.3 Å². The van der Waals surface area contributed by atoms with E-state index in [2.05, 4.69) is 54.6 Å². The lowest BCUT2D eigenvalue weighted by Crippen LogP contribution is -1.93.